The van der Waals surface area contributed by atoms with Crippen LogP contribution in [-0.4, -0.2) is 12.5 Å². The van der Waals surface area contributed by atoms with Crippen molar-refractivity contribution >= 4 is 23.2 Å². The third kappa shape index (κ3) is 4.85. The van der Waals surface area contributed by atoms with Gasteiger partial charge in [-0.25, -0.2) is 4.39 Å². The highest BCUT2D eigenvalue weighted by Crippen LogP contribution is 2.14. The van der Waals surface area contributed by atoms with Gasteiger partial charge in [-0.05, 0) is 37.3 Å². The van der Waals surface area contributed by atoms with Gasteiger partial charge >= 0.3 is 0 Å². The molecule has 0 spiro atoms. The first kappa shape index (κ1) is 15.5. The molecule has 1 amide bonds. The standard InChI is InChI=1S/C16H16ClFN2O/c1-11(12-4-2-5-13(17)8-12)19-10-16(21)20-15-7-3-6-14(18)9-15/h2-9,11,19H,10H2,1H3,(H,20,21)/p+1/t11-/m0/s1. The van der Waals surface area contributed by atoms with E-state index < -0.39 is 0 Å². The van der Waals surface area contributed by atoms with Crippen LogP contribution in [0.2, 0.25) is 5.02 Å². The van der Waals surface area contributed by atoms with E-state index in [-0.39, 0.29) is 24.3 Å². The van der Waals surface area contributed by atoms with Gasteiger partial charge in [-0.3, -0.25) is 4.79 Å². The fourth-order valence-corrected chi connectivity index (χ4v) is 2.19. The van der Waals surface area contributed by atoms with Gasteiger partial charge in [0.05, 0.1) is 0 Å². The maximum absolute atomic E-state index is 13.0. The van der Waals surface area contributed by atoms with Crippen LogP contribution in [0.4, 0.5) is 10.1 Å². The van der Waals surface area contributed by atoms with E-state index in [9.17, 15) is 9.18 Å². The van der Waals surface area contributed by atoms with Crippen LogP contribution < -0.4 is 10.6 Å². The van der Waals surface area contributed by atoms with Gasteiger partial charge in [0.1, 0.15) is 11.9 Å². The summed E-state index contributed by atoms with van der Waals surface area (Å²) < 4.78 is 13.0. The topological polar surface area (TPSA) is 45.7 Å². The quantitative estimate of drug-likeness (QED) is 0.876. The van der Waals surface area contributed by atoms with Crippen molar-refractivity contribution in [1.29, 1.82) is 0 Å². The number of benzene rings is 2. The molecule has 110 valence electrons. The summed E-state index contributed by atoms with van der Waals surface area (Å²) in [6.07, 6.45) is 0. The van der Waals surface area contributed by atoms with E-state index in [2.05, 4.69) is 5.32 Å². The Morgan fingerprint density at radius 1 is 1.29 bits per heavy atom. The van der Waals surface area contributed by atoms with Crippen molar-refractivity contribution in [1.82, 2.24) is 0 Å². The molecular formula is C16H17ClFN2O+. The Morgan fingerprint density at radius 3 is 2.76 bits per heavy atom. The van der Waals surface area contributed by atoms with E-state index in [1.54, 1.807) is 12.1 Å². The highest BCUT2D eigenvalue weighted by atomic mass is 35.5. The molecule has 0 aromatic heterocycles. The first-order valence-electron chi connectivity index (χ1n) is 6.69. The number of hydrogen-bond acceptors (Lipinski definition) is 1. The summed E-state index contributed by atoms with van der Waals surface area (Å²) in [5.74, 6) is -0.543. The molecule has 2 aromatic carbocycles. The lowest BCUT2D eigenvalue weighted by atomic mass is 10.1. The van der Waals surface area contributed by atoms with Crippen molar-refractivity contribution in [3.05, 3.63) is 64.9 Å². The average molecular weight is 308 g/mol. The summed E-state index contributed by atoms with van der Waals surface area (Å²) in [6.45, 7) is 2.26. The van der Waals surface area contributed by atoms with Crippen LogP contribution in [0.3, 0.4) is 0 Å². The van der Waals surface area contributed by atoms with E-state index >= 15 is 0 Å². The number of rotatable bonds is 5. The molecule has 5 heteroatoms. The zero-order valence-corrected chi connectivity index (χ0v) is 12.4. The molecule has 0 aliphatic heterocycles. The second kappa shape index (κ2) is 7.20. The Labute approximate surface area is 128 Å². The maximum atomic E-state index is 13.0. The lowest BCUT2D eigenvalue weighted by Gasteiger charge is -2.11. The van der Waals surface area contributed by atoms with Gasteiger partial charge in [-0.1, -0.05) is 29.8 Å². The molecule has 0 aliphatic carbocycles. The van der Waals surface area contributed by atoms with Crippen molar-refractivity contribution < 1.29 is 14.5 Å². The van der Waals surface area contributed by atoms with E-state index in [0.717, 1.165) is 5.56 Å². The Morgan fingerprint density at radius 2 is 2.05 bits per heavy atom. The SMILES string of the molecule is C[C@H]([NH2+]CC(=O)Nc1cccc(F)c1)c1cccc(Cl)c1. The van der Waals surface area contributed by atoms with Crippen molar-refractivity contribution in [2.45, 2.75) is 13.0 Å². The van der Waals surface area contributed by atoms with Crippen molar-refractivity contribution in [3.8, 4) is 0 Å². The smallest absolute Gasteiger partial charge is 0.279 e. The number of nitrogens with one attached hydrogen (secondary N) is 1. The van der Waals surface area contributed by atoms with Gasteiger partial charge in [0, 0.05) is 16.3 Å². The van der Waals surface area contributed by atoms with Crippen molar-refractivity contribution in [2.75, 3.05) is 11.9 Å². The maximum Gasteiger partial charge on any atom is 0.279 e. The molecule has 0 fully saturated rings. The minimum absolute atomic E-state index is 0.113. The highest BCUT2D eigenvalue weighted by Gasteiger charge is 2.12. The molecule has 0 heterocycles. The van der Waals surface area contributed by atoms with Crippen LogP contribution >= 0.6 is 11.6 Å². The van der Waals surface area contributed by atoms with E-state index in [4.69, 9.17) is 11.6 Å². The first-order valence-corrected chi connectivity index (χ1v) is 7.06. The average Bonchev–Trinajstić information content (AvgIpc) is 2.45. The van der Waals surface area contributed by atoms with Gasteiger partial charge in [-0.15, -0.1) is 0 Å². The predicted octanol–water partition coefficient (Wildman–Crippen LogP) is 2.74. The number of carbonyl (C=O) groups is 1. The van der Waals surface area contributed by atoms with Crippen LogP contribution in [0.1, 0.15) is 18.5 Å². The summed E-state index contributed by atoms with van der Waals surface area (Å²) in [4.78, 5) is 11.8. The molecule has 1 atom stereocenters. The minimum atomic E-state index is -0.371. The van der Waals surface area contributed by atoms with E-state index in [1.807, 2.05) is 36.5 Å². The zero-order valence-electron chi connectivity index (χ0n) is 11.6. The Hall–Kier alpha value is -1.91. The highest BCUT2D eigenvalue weighted by molar-refractivity contribution is 6.30. The van der Waals surface area contributed by atoms with Crippen LogP contribution in [0.25, 0.3) is 0 Å². The third-order valence-corrected chi connectivity index (χ3v) is 3.37. The zero-order chi connectivity index (χ0) is 15.2. The van der Waals surface area contributed by atoms with Crippen LogP contribution in [-0.2, 0) is 4.79 Å². The van der Waals surface area contributed by atoms with Crippen LogP contribution in [0.5, 0.6) is 0 Å². The van der Waals surface area contributed by atoms with Crippen LogP contribution in [0.15, 0.2) is 48.5 Å². The fraction of sp³-hybridized carbons (Fsp3) is 0.188. The normalized spacial score (nSPS) is 12.0. The first-order chi connectivity index (χ1) is 10.0. The van der Waals surface area contributed by atoms with E-state index in [1.165, 1.54) is 12.1 Å². The van der Waals surface area contributed by atoms with Gasteiger partial charge in [0.15, 0.2) is 6.54 Å². The molecule has 0 aliphatic rings. The molecule has 3 N–H and O–H groups in total. The second-order valence-corrected chi connectivity index (χ2v) is 5.28. The minimum Gasteiger partial charge on any atom is -0.333 e. The number of hydrogen-bond donors (Lipinski definition) is 2. The molecule has 0 saturated carbocycles. The second-order valence-electron chi connectivity index (χ2n) is 4.84. The Kier molecular flexibility index (Phi) is 5.31. The van der Waals surface area contributed by atoms with Gasteiger partial charge in [0.2, 0.25) is 0 Å². The molecule has 3 nitrogen and oxygen atoms in total. The third-order valence-electron chi connectivity index (χ3n) is 3.14. The lowest BCUT2D eigenvalue weighted by Crippen LogP contribution is -2.86. The summed E-state index contributed by atoms with van der Waals surface area (Å²) >= 11 is 5.95. The fourth-order valence-electron chi connectivity index (χ4n) is 1.99. The number of carbonyl (C=O) groups excluding carboxylic acids is 1. The number of halogens is 2. The summed E-state index contributed by atoms with van der Waals surface area (Å²) in [5.41, 5.74) is 1.52. The molecule has 0 saturated heterocycles. The summed E-state index contributed by atoms with van der Waals surface area (Å²) in [7, 11) is 0. The molecule has 0 unspecified atom stereocenters. The van der Waals surface area contributed by atoms with Crippen molar-refractivity contribution in [2.24, 2.45) is 0 Å². The molecule has 0 bridgehead atoms. The van der Waals surface area contributed by atoms with Gasteiger partial charge in [-0.2, -0.15) is 0 Å². The lowest BCUT2D eigenvalue weighted by molar-refractivity contribution is -0.682. The van der Waals surface area contributed by atoms with Crippen LogP contribution in [0, 0.1) is 5.82 Å². The van der Waals surface area contributed by atoms with Gasteiger partial charge in [0.25, 0.3) is 5.91 Å². The van der Waals surface area contributed by atoms with Crippen molar-refractivity contribution in [3.63, 3.8) is 0 Å². The summed E-state index contributed by atoms with van der Waals surface area (Å²) in [6, 6.07) is 13.5. The molecule has 2 rings (SSSR count). The predicted molar refractivity (Wildman–Crippen MR) is 81.7 cm³/mol. The summed E-state index contributed by atoms with van der Waals surface area (Å²) in [5, 5.41) is 5.25. The molecule has 2 aromatic rings. The number of amides is 1. The largest absolute Gasteiger partial charge is 0.333 e. The van der Waals surface area contributed by atoms with E-state index in [0.29, 0.717) is 10.7 Å². The molecular weight excluding hydrogens is 291 g/mol. The number of nitrogens with two attached hydrogens (primary N) is 1. The Balaban J connectivity index is 1.86. The monoisotopic (exact) mass is 307 g/mol. The number of quaternary nitrogens is 1. The Bertz CT molecular complexity index is 633. The molecule has 21 heavy (non-hydrogen) atoms. The van der Waals surface area contributed by atoms with Gasteiger partial charge < -0.3 is 10.6 Å². The molecule has 0 radical (unpaired) electrons. The number of anilines is 1.